The van der Waals surface area contributed by atoms with Gasteiger partial charge in [-0.2, -0.15) is 0 Å². The Morgan fingerprint density at radius 1 is 1.29 bits per heavy atom. The van der Waals surface area contributed by atoms with Gasteiger partial charge >= 0.3 is 0 Å². The van der Waals surface area contributed by atoms with Crippen LogP contribution in [0, 0.1) is 19.3 Å². The van der Waals surface area contributed by atoms with Crippen LogP contribution in [0.2, 0.25) is 0 Å². The van der Waals surface area contributed by atoms with E-state index in [1.165, 1.54) is 36.0 Å². The summed E-state index contributed by atoms with van der Waals surface area (Å²) in [5.41, 5.74) is 10.2. The number of ether oxygens (including phenoxy) is 1. The molecule has 1 fully saturated rings. The summed E-state index contributed by atoms with van der Waals surface area (Å²) in [5, 5.41) is 0. The number of hydrogen-bond donors (Lipinski definition) is 1. The molecular formula is C15H23NO. The second kappa shape index (κ2) is 4.69. The fourth-order valence-corrected chi connectivity index (χ4v) is 3.00. The smallest absolute Gasteiger partial charge is 0.124 e. The molecule has 17 heavy (non-hydrogen) atoms. The van der Waals surface area contributed by atoms with Crippen molar-refractivity contribution in [3.05, 3.63) is 28.8 Å². The lowest BCUT2D eigenvalue weighted by atomic mass is 9.65. The van der Waals surface area contributed by atoms with E-state index in [2.05, 4.69) is 26.0 Å². The van der Waals surface area contributed by atoms with Gasteiger partial charge in [0.25, 0.3) is 0 Å². The van der Waals surface area contributed by atoms with Gasteiger partial charge in [0.2, 0.25) is 0 Å². The van der Waals surface area contributed by atoms with E-state index in [1.807, 2.05) is 0 Å². The zero-order chi connectivity index (χ0) is 12.5. The Hall–Kier alpha value is -1.02. The first-order valence-electron chi connectivity index (χ1n) is 6.44. The maximum atomic E-state index is 5.94. The minimum atomic E-state index is 0.341. The minimum Gasteiger partial charge on any atom is -0.496 e. The maximum Gasteiger partial charge on any atom is 0.124 e. The van der Waals surface area contributed by atoms with E-state index in [9.17, 15) is 0 Å². The van der Waals surface area contributed by atoms with Gasteiger partial charge in [0.1, 0.15) is 5.75 Å². The molecule has 0 radical (unpaired) electrons. The first kappa shape index (κ1) is 12.4. The van der Waals surface area contributed by atoms with Gasteiger partial charge in [-0.3, -0.25) is 0 Å². The Labute approximate surface area is 104 Å². The molecule has 0 unspecified atom stereocenters. The van der Waals surface area contributed by atoms with Gasteiger partial charge in [-0.05, 0) is 56.2 Å². The molecule has 0 aromatic heterocycles. The summed E-state index contributed by atoms with van der Waals surface area (Å²) in [5.74, 6) is 1.05. The van der Waals surface area contributed by atoms with Gasteiger partial charge in [0, 0.05) is 0 Å². The van der Waals surface area contributed by atoms with E-state index in [0.29, 0.717) is 5.41 Å². The van der Waals surface area contributed by atoms with Crippen molar-refractivity contribution in [2.24, 2.45) is 11.1 Å². The highest BCUT2D eigenvalue weighted by molar-refractivity contribution is 5.44. The molecule has 2 N–H and O–H groups in total. The van der Waals surface area contributed by atoms with Crippen molar-refractivity contribution in [2.45, 2.75) is 39.5 Å². The summed E-state index contributed by atoms with van der Waals surface area (Å²) >= 11 is 0. The van der Waals surface area contributed by atoms with E-state index < -0.39 is 0 Å². The quantitative estimate of drug-likeness (QED) is 0.867. The molecular weight excluding hydrogens is 210 g/mol. The molecule has 0 amide bonds. The topological polar surface area (TPSA) is 35.2 Å². The van der Waals surface area contributed by atoms with E-state index in [-0.39, 0.29) is 0 Å². The molecule has 0 heterocycles. The minimum absolute atomic E-state index is 0.341. The molecule has 1 aromatic carbocycles. The van der Waals surface area contributed by atoms with E-state index in [1.54, 1.807) is 7.11 Å². The van der Waals surface area contributed by atoms with E-state index in [4.69, 9.17) is 10.5 Å². The predicted molar refractivity (Wildman–Crippen MR) is 71.5 cm³/mol. The second-order valence-electron chi connectivity index (χ2n) is 5.51. The molecule has 94 valence electrons. The number of benzene rings is 1. The molecule has 1 aliphatic carbocycles. The van der Waals surface area contributed by atoms with Crippen LogP contribution in [0.3, 0.4) is 0 Å². The van der Waals surface area contributed by atoms with Crippen LogP contribution in [0.5, 0.6) is 5.75 Å². The number of methoxy groups -OCH3 is 1. The summed E-state index contributed by atoms with van der Waals surface area (Å²) < 4.78 is 5.55. The van der Waals surface area contributed by atoms with Crippen molar-refractivity contribution in [1.82, 2.24) is 0 Å². The second-order valence-corrected chi connectivity index (χ2v) is 5.51. The van der Waals surface area contributed by atoms with Crippen LogP contribution in [0.15, 0.2) is 12.1 Å². The highest BCUT2D eigenvalue weighted by Gasteiger charge is 2.36. The van der Waals surface area contributed by atoms with Gasteiger partial charge in [0.15, 0.2) is 0 Å². The monoisotopic (exact) mass is 233 g/mol. The molecule has 2 rings (SSSR count). The van der Waals surface area contributed by atoms with Crippen molar-refractivity contribution >= 4 is 0 Å². The third-order valence-corrected chi connectivity index (χ3v) is 4.11. The van der Waals surface area contributed by atoms with Crippen molar-refractivity contribution in [3.8, 4) is 5.75 Å². The molecule has 1 aromatic rings. The number of aryl methyl sites for hydroxylation is 2. The van der Waals surface area contributed by atoms with Crippen LogP contribution < -0.4 is 10.5 Å². The van der Waals surface area contributed by atoms with Gasteiger partial charge in [0.05, 0.1) is 7.11 Å². The van der Waals surface area contributed by atoms with Crippen molar-refractivity contribution in [2.75, 3.05) is 13.7 Å². The first-order chi connectivity index (χ1) is 8.10. The van der Waals surface area contributed by atoms with E-state index in [0.717, 1.165) is 18.7 Å². The molecule has 0 bridgehead atoms. The molecule has 0 aliphatic heterocycles. The average molecular weight is 233 g/mol. The number of hydrogen-bond acceptors (Lipinski definition) is 2. The lowest BCUT2D eigenvalue weighted by Crippen LogP contribution is -2.39. The Kier molecular flexibility index (Phi) is 3.43. The summed E-state index contributed by atoms with van der Waals surface area (Å²) in [6, 6.07) is 4.43. The van der Waals surface area contributed by atoms with Crippen LogP contribution in [-0.4, -0.2) is 13.7 Å². The summed E-state index contributed by atoms with van der Waals surface area (Å²) in [4.78, 5) is 0. The summed E-state index contributed by atoms with van der Waals surface area (Å²) in [6.45, 7) is 5.06. The molecule has 0 spiro atoms. The van der Waals surface area contributed by atoms with E-state index >= 15 is 0 Å². The summed E-state index contributed by atoms with van der Waals surface area (Å²) in [7, 11) is 1.76. The van der Waals surface area contributed by atoms with Crippen LogP contribution in [0.4, 0.5) is 0 Å². The Morgan fingerprint density at radius 2 is 2.00 bits per heavy atom. The van der Waals surface area contributed by atoms with Crippen molar-refractivity contribution in [1.29, 1.82) is 0 Å². The Bertz CT molecular complexity index is 402. The zero-order valence-corrected chi connectivity index (χ0v) is 11.2. The molecule has 2 heteroatoms. The predicted octanol–water partition coefficient (Wildman–Crippen LogP) is 2.98. The van der Waals surface area contributed by atoms with Crippen LogP contribution >= 0.6 is 0 Å². The fourth-order valence-electron chi connectivity index (χ4n) is 3.00. The fraction of sp³-hybridized carbons (Fsp3) is 0.600. The molecule has 1 saturated carbocycles. The highest BCUT2D eigenvalue weighted by atomic mass is 16.5. The third kappa shape index (κ3) is 2.32. The van der Waals surface area contributed by atoms with Crippen LogP contribution in [0.1, 0.15) is 36.0 Å². The van der Waals surface area contributed by atoms with Gasteiger partial charge in [-0.15, -0.1) is 0 Å². The molecule has 1 aliphatic rings. The maximum absolute atomic E-state index is 5.94. The molecule has 0 saturated heterocycles. The third-order valence-electron chi connectivity index (χ3n) is 4.11. The van der Waals surface area contributed by atoms with Crippen LogP contribution in [0.25, 0.3) is 0 Å². The highest BCUT2D eigenvalue weighted by Crippen LogP contribution is 2.44. The average Bonchev–Trinajstić information content (AvgIpc) is 2.23. The normalized spacial score (nSPS) is 17.6. The standard InChI is InChI=1S/C15H23NO/c1-11-7-12(2)14(17-3)13(8-11)9-15(10-16)5-4-6-15/h7-8H,4-6,9-10,16H2,1-3H3. The van der Waals surface area contributed by atoms with Crippen molar-refractivity contribution in [3.63, 3.8) is 0 Å². The lowest BCUT2D eigenvalue weighted by molar-refractivity contribution is 0.143. The Morgan fingerprint density at radius 3 is 2.47 bits per heavy atom. The lowest BCUT2D eigenvalue weighted by Gasteiger charge is -2.41. The molecule has 0 atom stereocenters. The van der Waals surface area contributed by atoms with Gasteiger partial charge < -0.3 is 10.5 Å². The number of nitrogens with two attached hydrogens (primary N) is 1. The van der Waals surface area contributed by atoms with Gasteiger partial charge in [-0.1, -0.05) is 24.1 Å². The SMILES string of the molecule is COc1c(C)cc(C)cc1CC1(CN)CCC1. The first-order valence-corrected chi connectivity index (χ1v) is 6.44. The van der Waals surface area contributed by atoms with Crippen molar-refractivity contribution < 1.29 is 4.74 Å². The largest absolute Gasteiger partial charge is 0.496 e. The molecule has 2 nitrogen and oxygen atoms in total. The summed E-state index contributed by atoms with van der Waals surface area (Å²) in [6.07, 6.45) is 4.92. The van der Waals surface area contributed by atoms with Crippen LogP contribution in [-0.2, 0) is 6.42 Å². The Balaban J connectivity index is 2.31. The van der Waals surface area contributed by atoms with Gasteiger partial charge in [-0.25, -0.2) is 0 Å². The number of rotatable bonds is 4. The zero-order valence-electron chi connectivity index (χ0n) is 11.2.